The van der Waals surface area contributed by atoms with Crippen LogP contribution in [0.25, 0.3) is 0 Å². The molecule has 0 bridgehead atoms. The minimum atomic E-state index is -0.699. The molecule has 6 heteroatoms. The summed E-state index contributed by atoms with van der Waals surface area (Å²) >= 11 is 5.77. The molecule has 2 aromatic carbocycles. The lowest BCUT2D eigenvalue weighted by molar-refractivity contribution is 0.0527. The number of benzene rings is 2. The number of ether oxygens (including phenoxy) is 1. The predicted octanol–water partition coefficient (Wildman–Crippen LogP) is 3.91. The van der Waals surface area contributed by atoms with Crippen LogP contribution in [0.5, 0.6) is 0 Å². The van der Waals surface area contributed by atoms with Gasteiger partial charge < -0.3 is 10.1 Å². The molecule has 0 spiro atoms. The largest absolute Gasteiger partial charge is 0.462 e. The van der Waals surface area contributed by atoms with Crippen LogP contribution in [0.15, 0.2) is 42.5 Å². The van der Waals surface area contributed by atoms with Crippen molar-refractivity contribution in [2.24, 2.45) is 0 Å². The van der Waals surface area contributed by atoms with Gasteiger partial charge in [0, 0.05) is 5.02 Å². The Morgan fingerprint density at radius 1 is 1.18 bits per heavy atom. The van der Waals surface area contributed by atoms with Gasteiger partial charge in [-0.2, -0.15) is 0 Å². The van der Waals surface area contributed by atoms with E-state index < -0.39 is 17.7 Å². The molecular formula is C16H13ClFNO3. The molecule has 2 aromatic rings. The highest BCUT2D eigenvalue weighted by atomic mass is 35.5. The molecule has 0 aliphatic rings. The number of anilines is 1. The van der Waals surface area contributed by atoms with E-state index in [4.69, 9.17) is 16.3 Å². The first kappa shape index (κ1) is 16.0. The standard InChI is InChI=1S/C16H13ClFNO3/c1-2-22-16(21)11-5-3-4-6-14(11)19-15(20)12-9-10(17)7-8-13(12)18/h3-9H,2H2,1H3,(H,19,20). The normalized spacial score (nSPS) is 10.1. The van der Waals surface area contributed by atoms with E-state index in [0.717, 1.165) is 6.07 Å². The van der Waals surface area contributed by atoms with Crippen LogP contribution < -0.4 is 5.32 Å². The zero-order valence-electron chi connectivity index (χ0n) is 11.7. The van der Waals surface area contributed by atoms with Crippen molar-refractivity contribution >= 4 is 29.2 Å². The molecule has 0 unspecified atom stereocenters. The highest BCUT2D eigenvalue weighted by molar-refractivity contribution is 6.31. The van der Waals surface area contributed by atoms with Crippen molar-refractivity contribution in [1.82, 2.24) is 0 Å². The van der Waals surface area contributed by atoms with Crippen LogP contribution >= 0.6 is 11.6 Å². The Bertz CT molecular complexity index is 718. The number of hydrogen-bond donors (Lipinski definition) is 1. The minimum absolute atomic E-state index is 0.195. The van der Waals surface area contributed by atoms with Gasteiger partial charge in [-0.05, 0) is 37.3 Å². The molecule has 0 aliphatic carbocycles. The Hall–Kier alpha value is -2.40. The van der Waals surface area contributed by atoms with E-state index >= 15 is 0 Å². The number of halogens is 2. The molecule has 1 amide bonds. The third-order valence-corrected chi connectivity index (χ3v) is 3.08. The lowest BCUT2D eigenvalue weighted by Crippen LogP contribution is -2.17. The fraction of sp³-hybridized carbons (Fsp3) is 0.125. The van der Waals surface area contributed by atoms with Gasteiger partial charge in [0.05, 0.1) is 23.4 Å². The van der Waals surface area contributed by atoms with Gasteiger partial charge >= 0.3 is 5.97 Å². The fourth-order valence-electron chi connectivity index (χ4n) is 1.84. The number of nitrogens with one attached hydrogen (secondary N) is 1. The first-order chi connectivity index (χ1) is 10.5. The summed E-state index contributed by atoms with van der Waals surface area (Å²) in [6.45, 7) is 1.89. The van der Waals surface area contributed by atoms with Crippen LogP contribution in [0.3, 0.4) is 0 Å². The summed E-state index contributed by atoms with van der Waals surface area (Å²) in [6.07, 6.45) is 0. The van der Waals surface area contributed by atoms with E-state index in [1.54, 1.807) is 19.1 Å². The Morgan fingerprint density at radius 3 is 2.64 bits per heavy atom. The first-order valence-corrected chi connectivity index (χ1v) is 6.93. The number of amides is 1. The van der Waals surface area contributed by atoms with E-state index in [9.17, 15) is 14.0 Å². The van der Waals surface area contributed by atoms with E-state index in [0.29, 0.717) is 0 Å². The lowest BCUT2D eigenvalue weighted by atomic mass is 10.1. The highest BCUT2D eigenvalue weighted by Gasteiger charge is 2.17. The van der Waals surface area contributed by atoms with Gasteiger partial charge in [-0.1, -0.05) is 23.7 Å². The van der Waals surface area contributed by atoms with Crippen molar-refractivity contribution < 1.29 is 18.7 Å². The summed E-state index contributed by atoms with van der Waals surface area (Å²) in [5, 5.41) is 2.74. The van der Waals surface area contributed by atoms with Crippen molar-refractivity contribution in [3.05, 3.63) is 64.4 Å². The van der Waals surface area contributed by atoms with Crippen molar-refractivity contribution in [2.45, 2.75) is 6.92 Å². The number of carbonyl (C=O) groups is 2. The molecule has 0 aromatic heterocycles. The molecule has 0 fully saturated rings. The maximum absolute atomic E-state index is 13.7. The molecule has 0 saturated heterocycles. The van der Waals surface area contributed by atoms with Gasteiger partial charge in [0.2, 0.25) is 0 Å². The van der Waals surface area contributed by atoms with Crippen LogP contribution in [-0.4, -0.2) is 18.5 Å². The number of hydrogen-bond acceptors (Lipinski definition) is 3. The molecule has 4 nitrogen and oxygen atoms in total. The topological polar surface area (TPSA) is 55.4 Å². The monoisotopic (exact) mass is 321 g/mol. The lowest BCUT2D eigenvalue weighted by Gasteiger charge is -2.11. The van der Waals surface area contributed by atoms with Crippen LogP contribution in [0.1, 0.15) is 27.6 Å². The van der Waals surface area contributed by atoms with Crippen LogP contribution in [-0.2, 0) is 4.74 Å². The van der Waals surface area contributed by atoms with Crippen molar-refractivity contribution in [1.29, 1.82) is 0 Å². The second-order valence-electron chi connectivity index (χ2n) is 4.34. The maximum atomic E-state index is 13.7. The molecule has 0 radical (unpaired) electrons. The fourth-order valence-corrected chi connectivity index (χ4v) is 2.01. The molecule has 1 N–H and O–H groups in total. The van der Waals surface area contributed by atoms with E-state index in [2.05, 4.69) is 5.32 Å². The molecule has 0 atom stereocenters. The summed E-state index contributed by atoms with van der Waals surface area (Å²) < 4.78 is 18.6. The average Bonchev–Trinajstić information content (AvgIpc) is 2.50. The number of esters is 1. The summed E-state index contributed by atoms with van der Waals surface area (Å²) in [6, 6.07) is 10.0. The SMILES string of the molecule is CCOC(=O)c1ccccc1NC(=O)c1cc(Cl)ccc1F. The van der Waals surface area contributed by atoms with Gasteiger partial charge in [0.25, 0.3) is 5.91 Å². The molecule has 0 heterocycles. The summed E-state index contributed by atoms with van der Waals surface area (Å²) in [5.74, 6) is -1.96. The predicted molar refractivity (Wildman–Crippen MR) is 81.8 cm³/mol. The van der Waals surface area contributed by atoms with Crippen molar-refractivity contribution in [3.8, 4) is 0 Å². The zero-order valence-corrected chi connectivity index (χ0v) is 12.5. The van der Waals surface area contributed by atoms with E-state index in [-0.39, 0.29) is 28.4 Å². The Balaban J connectivity index is 2.29. The molecule has 0 saturated carbocycles. The molecule has 2 rings (SSSR count). The van der Waals surface area contributed by atoms with E-state index in [1.807, 2.05) is 0 Å². The number of carbonyl (C=O) groups excluding carboxylic acids is 2. The van der Waals surface area contributed by atoms with Gasteiger partial charge in [-0.3, -0.25) is 4.79 Å². The molecular weight excluding hydrogens is 309 g/mol. The minimum Gasteiger partial charge on any atom is -0.462 e. The second-order valence-corrected chi connectivity index (χ2v) is 4.78. The summed E-state index contributed by atoms with van der Waals surface area (Å²) in [4.78, 5) is 24.0. The van der Waals surface area contributed by atoms with E-state index in [1.165, 1.54) is 24.3 Å². The smallest absolute Gasteiger partial charge is 0.340 e. The van der Waals surface area contributed by atoms with Gasteiger partial charge in [-0.25, -0.2) is 9.18 Å². The van der Waals surface area contributed by atoms with Crippen LogP contribution in [0.2, 0.25) is 5.02 Å². The van der Waals surface area contributed by atoms with Crippen molar-refractivity contribution in [2.75, 3.05) is 11.9 Å². The molecule has 0 aliphatic heterocycles. The Labute approximate surface area is 131 Å². The van der Waals surface area contributed by atoms with Crippen LogP contribution in [0.4, 0.5) is 10.1 Å². The molecule has 22 heavy (non-hydrogen) atoms. The third kappa shape index (κ3) is 3.62. The maximum Gasteiger partial charge on any atom is 0.340 e. The Kier molecular flexibility index (Phi) is 5.12. The van der Waals surface area contributed by atoms with Crippen LogP contribution in [0, 0.1) is 5.82 Å². The van der Waals surface area contributed by atoms with Gasteiger partial charge in [-0.15, -0.1) is 0 Å². The summed E-state index contributed by atoms with van der Waals surface area (Å²) in [7, 11) is 0. The number of para-hydroxylation sites is 1. The highest BCUT2D eigenvalue weighted by Crippen LogP contribution is 2.20. The van der Waals surface area contributed by atoms with Gasteiger partial charge in [0.15, 0.2) is 0 Å². The summed E-state index contributed by atoms with van der Waals surface area (Å²) in [5.41, 5.74) is 0.233. The third-order valence-electron chi connectivity index (χ3n) is 2.84. The first-order valence-electron chi connectivity index (χ1n) is 6.55. The second kappa shape index (κ2) is 7.04. The van der Waals surface area contributed by atoms with Gasteiger partial charge in [0.1, 0.15) is 5.82 Å². The van der Waals surface area contributed by atoms with Crippen molar-refractivity contribution in [3.63, 3.8) is 0 Å². The molecule has 114 valence electrons. The zero-order chi connectivity index (χ0) is 16.1. The number of rotatable bonds is 4. The quantitative estimate of drug-likeness (QED) is 0.869. The average molecular weight is 322 g/mol. The Morgan fingerprint density at radius 2 is 1.91 bits per heavy atom.